The van der Waals surface area contributed by atoms with Gasteiger partial charge >= 0.3 is 0 Å². The molecule has 1 aliphatic heterocycles. The van der Waals surface area contributed by atoms with Crippen molar-refractivity contribution in [3.63, 3.8) is 0 Å². The highest BCUT2D eigenvalue weighted by Gasteiger charge is 2.19. The van der Waals surface area contributed by atoms with E-state index in [9.17, 15) is 14.4 Å². The molecule has 42 heavy (non-hydrogen) atoms. The topological polar surface area (TPSA) is 106 Å². The Kier molecular flexibility index (Phi) is 9.25. The summed E-state index contributed by atoms with van der Waals surface area (Å²) in [4.78, 5) is 39.9. The molecule has 1 heterocycles. The van der Waals surface area contributed by atoms with Gasteiger partial charge in [-0.1, -0.05) is 52.3 Å². The Bertz CT molecular complexity index is 1660. The number of carbonyl (C=O) groups is 3. The third-order valence-electron chi connectivity index (χ3n) is 6.10. The average molecular weight is 645 g/mol. The van der Waals surface area contributed by atoms with Gasteiger partial charge in [0.15, 0.2) is 11.5 Å². The van der Waals surface area contributed by atoms with Crippen molar-refractivity contribution >= 4 is 62.9 Å². The molecule has 0 spiro atoms. The number of amides is 3. The second-order valence-corrected chi connectivity index (χ2v) is 11.6. The summed E-state index contributed by atoms with van der Waals surface area (Å²) in [7, 11) is 0. The van der Waals surface area contributed by atoms with Gasteiger partial charge < -0.3 is 25.4 Å². The lowest BCUT2D eigenvalue weighted by atomic mass is 10.1. The standard InChI is InChI=1S/C32H26BrN3O5S/c1-20(30(37)34-25-13-14-28-29(18-25)41-19-40-28)42-26-12-6-11-24(17-26)35-32(39)27(16-21-7-5-10-23(33)15-21)36-31(38)22-8-3-2-4-9-22/h2-18,20H,19H2,1H3,(H,34,37)(H,35,39)(H,36,38)/b27-16+. The smallest absolute Gasteiger partial charge is 0.272 e. The summed E-state index contributed by atoms with van der Waals surface area (Å²) in [6, 6.07) is 28.5. The zero-order valence-electron chi connectivity index (χ0n) is 22.4. The molecular weight excluding hydrogens is 618 g/mol. The Morgan fingerprint density at radius 3 is 2.40 bits per heavy atom. The first-order valence-corrected chi connectivity index (χ1v) is 14.6. The highest BCUT2D eigenvalue weighted by atomic mass is 79.9. The van der Waals surface area contributed by atoms with Gasteiger partial charge in [-0.3, -0.25) is 14.4 Å². The molecular formula is C32H26BrN3O5S. The number of carbonyl (C=O) groups excluding carboxylic acids is 3. The predicted octanol–water partition coefficient (Wildman–Crippen LogP) is 6.71. The van der Waals surface area contributed by atoms with E-state index in [0.717, 1.165) is 14.9 Å². The van der Waals surface area contributed by atoms with Crippen LogP contribution in [0.3, 0.4) is 0 Å². The zero-order chi connectivity index (χ0) is 29.5. The van der Waals surface area contributed by atoms with E-state index in [-0.39, 0.29) is 18.4 Å². The van der Waals surface area contributed by atoms with Gasteiger partial charge in [0.25, 0.3) is 11.8 Å². The van der Waals surface area contributed by atoms with Crippen molar-refractivity contribution in [2.75, 3.05) is 17.4 Å². The van der Waals surface area contributed by atoms with Crippen LogP contribution in [0, 0.1) is 0 Å². The minimum absolute atomic E-state index is 0.0801. The molecule has 0 fully saturated rings. The number of halogens is 1. The molecule has 1 atom stereocenters. The van der Waals surface area contributed by atoms with E-state index in [4.69, 9.17) is 9.47 Å². The Balaban J connectivity index is 1.27. The maximum atomic E-state index is 13.4. The molecule has 0 aliphatic carbocycles. The van der Waals surface area contributed by atoms with Crippen LogP contribution in [0.15, 0.2) is 112 Å². The van der Waals surface area contributed by atoms with E-state index in [1.165, 1.54) is 11.8 Å². The monoisotopic (exact) mass is 643 g/mol. The van der Waals surface area contributed by atoms with Gasteiger partial charge in [-0.05, 0) is 73.2 Å². The van der Waals surface area contributed by atoms with Gasteiger partial charge in [-0.2, -0.15) is 0 Å². The lowest BCUT2D eigenvalue weighted by molar-refractivity contribution is -0.115. The maximum Gasteiger partial charge on any atom is 0.272 e. The zero-order valence-corrected chi connectivity index (χ0v) is 24.8. The van der Waals surface area contributed by atoms with E-state index in [1.807, 2.05) is 36.4 Å². The van der Waals surface area contributed by atoms with Crippen LogP contribution < -0.4 is 25.4 Å². The van der Waals surface area contributed by atoms with Crippen molar-refractivity contribution in [3.8, 4) is 11.5 Å². The summed E-state index contributed by atoms with van der Waals surface area (Å²) >= 11 is 4.79. The Morgan fingerprint density at radius 2 is 1.60 bits per heavy atom. The lowest BCUT2D eigenvalue weighted by Crippen LogP contribution is -2.30. The summed E-state index contributed by atoms with van der Waals surface area (Å²) in [5.41, 5.74) is 2.37. The molecule has 4 aromatic carbocycles. The number of ether oxygens (including phenoxy) is 2. The Hall–Kier alpha value is -4.54. The highest BCUT2D eigenvalue weighted by molar-refractivity contribution is 9.10. The van der Waals surface area contributed by atoms with E-state index in [2.05, 4.69) is 31.9 Å². The summed E-state index contributed by atoms with van der Waals surface area (Å²) < 4.78 is 11.5. The fraction of sp³-hybridized carbons (Fsp3) is 0.0938. The number of nitrogens with one attached hydrogen (secondary N) is 3. The van der Waals surface area contributed by atoms with Crippen molar-refractivity contribution in [2.24, 2.45) is 0 Å². The van der Waals surface area contributed by atoms with E-state index in [1.54, 1.807) is 73.7 Å². The van der Waals surface area contributed by atoms with E-state index >= 15 is 0 Å². The van der Waals surface area contributed by atoms with Crippen LogP contribution in [0.4, 0.5) is 11.4 Å². The van der Waals surface area contributed by atoms with Gasteiger partial charge in [-0.25, -0.2) is 0 Å². The molecule has 8 nitrogen and oxygen atoms in total. The molecule has 1 aliphatic rings. The normalized spacial score (nSPS) is 12.8. The minimum atomic E-state index is -0.491. The second kappa shape index (κ2) is 13.4. The summed E-state index contributed by atoms with van der Waals surface area (Å²) in [6.07, 6.45) is 1.61. The number of anilines is 2. The molecule has 0 aromatic heterocycles. The third kappa shape index (κ3) is 7.59. The van der Waals surface area contributed by atoms with Crippen molar-refractivity contribution < 1.29 is 23.9 Å². The van der Waals surface area contributed by atoms with E-state index < -0.39 is 17.1 Å². The number of hydrogen-bond acceptors (Lipinski definition) is 6. The van der Waals surface area contributed by atoms with Crippen LogP contribution in [0.5, 0.6) is 11.5 Å². The molecule has 10 heteroatoms. The lowest BCUT2D eigenvalue weighted by Gasteiger charge is -2.14. The SMILES string of the molecule is CC(Sc1cccc(NC(=O)/C(=C\c2cccc(Br)c2)NC(=O)c2ccccc2)c1)C(=O)Nc1ccc2c(c1)OCO2. The largest absolute Gasteiger partial charge is 0.454 e. The highest BCUT2D eigenvalue weighted by Crippen LogP contribution is 2.34. The molecule has 1 unspecified atom stereocenters. The first-order valence-electron chi connectivity index (χ1n) is 13.0. The van der Waals surface area contributed by atoms with Gasteiger partial charge in [0.1, 0.15) is 5.70 Å². The van der Waals surface area contributed by atoms with E-state index in [0.29, 0.717) is 28.4 Å². The molecule has 3 amide bonds. The molecule has 0 radical (unpaired) electrons. The molecule has 0 saturated carbocycles. The second-order valence-electron chi connectivity index (χ2n) is 9.23. The van der Waals surface area contributed by atoms with Gasteiger partial charge in [0.2, 0.25) is 12.7 Å². The maximum absolute atomic E-state index is 13.4. The molecule has 0 saturated heterocycles. The summed E-state index contributed by atoms with van der Waals surface area (Å²) in [6.45, 7) is 1.96. The Morgan fingerprint density at radius 1 is 0.833 bits per heavy atom. The first-order chi connectivity index (χ1) is 20.3. The molecule has 0 bridgehead atoms. The molecule has 212 valence electrons. The van der Waals surface area contributed by atoms with Crippen molar-refractivity contribution in [3.05, 3.63) is 118 Å². The van der Waals surface area contributed by atoms with Crippen molar-refractivity contribution in [1.82, 2.24) is 5.32 Å². The number of thioether (sulfide) groups is 1. The summed E-state index contributed by atoms with van der Waals surface area (Å²) in [5.74, 6) is 0.151. The number of rotatable bonds is 9. The van der Waals surface area contributed by atoms with Crippen LogP contribution in [0.1, 0.15) is 22.8 Å². The van der Waals surface area contributed by atoms with Crippen LogP contribution in [-0.4, -0.2) is 29.8 Å². The fourth-order valence-electron chi connectivity index (χ4n) is 4.03. The van der Waals surface area contributed by atoms with Crippen LogP contribution in [0.2, 0.25) is 0 Å². The average Bonchev–Trinajstić information content (AvgIpc) is 3.45. The van der Waals surface area contributed by atoms with Gasteiger partial charge in [0.05, 0.1) is 5.25 Å². The number of benzene rings is 4. The van der Waals surface area contributed by atoms with Crippen LogP contribution in [-0.2, 0) is 9.59 Å². The molecule has 5 rings (SSSR count). The van der Waals surface area contributed by atoms with Gasteiger partial charge in [-0.15, -0.1) is 11.8 Å². The predicted molar refractivity (Wildman–Crippen MR) is 168 cm³/mol. The molecule has 3 N–H and O–H groups in total. The minimum Gasteiger partial charge on any atom is -0.454 e. The number of hydrogen-bond donors (Lipinski definition) is 3. The third-order valence-corrected chi connectivity index (χ3v) is 7.69. The quantitative estimate of drug-likeness (QED) is 0.138. The van der Waals surface area contributed by atoms with Gasteiger partial charge in [0, 0.05) is 32.4 Å². The van der Waals surface area contributed by atoms with Crippen LogP contribution in [0.25, 0.3) is 6.08 Å². The van der Waals surface area contributed by atoms with Crippen molar-refractivity contribution in [2.45, 2.75) is 17.1 Å². The fourth-order valence-corrected chi connectivity index (χ4v) is 5.37. The first kappa shape index (κ1) is 29.0. The van der Waals surface area contributed by atoms with Crippen LogP contribution >= 0.6 is 27.7 Å². The van der Waals surface area contributed by atoms with Crippen molar-refractivity contribution in [1.29, 1.82) is 0 Å². The summed E-state index contributed by atoms with van der Waals surface area (Å²) in [5, 5.41) is 8.07. The number of fused-ring (bicyclic) bond motifs is 1. The molecule has 4 aromatic rings. The Labute approximate surface area is 255 Å².